The van der Waals surface area contributed by atoms with Crippen LogP contribution in [0.3, 0.4) is 0 Å². The Kier molecular flexibility index (Phi) is 11.9. The summed E-state index contributed by atoms with van der Waals surface area (Å²) in [5.41, 5.74) is 10.4. The Bertz CT molecular complexity index is 732. The van der Waals surface area contributed by atoms with Crippen LogP contribution < -0.4 is 5.73 Å². The predicted molar refractivity (Wildman–Crippen MR) is 104 cm³/mol. The monoisotopic (exact) mass is 573 g/mol. The van der Waals surface area contributed by atoms with E-state index in [1.165, 1.54) is 0 Å². The molecular formula is C21H27N4U-. The van der Waals surface area contributed by atoms with Crippen molar-refractivity contribution in [3.05, 3.63) is 71.1 Å². The van der Waals surface area contributed by atoms with Gasteiger partial charge in [-0.1, -0.05) is 58.2 Å². The topological polar surface area (TPSA) is 65.9 Å². The molecule has 1 aromatic carbocycles. The fourth-order valence-corrected chi connectivity index (χ4v) is 2.67. The Morgan fingerprint density at radius 3 is 2.46 bits per heavy atom. The molecule has 4 nitrogen and oxygen atoms in total. The molecule has 0 fully saturated rings. The minimum Gasteiger partial charge on any atom is -0.398 e. The van der Waals surface area contributed by atoms with Crippen LogP contribution in [-0.4, -0.2) is 23.5 Å². The molecule has 5 heteroatoms. The maximum Gasteiger partial charge on any atom is 0.0501 e. The molecule has 136 valence electrons. The van der Waals surface area contributed by atoms with Crippen molar-refractivity contribution in [3.63, 3.8) is 0 Å². The van der Waals surface area contributed by atoms with Gasteiger partial charge >= 0.3 is 0 Å². The number of fused-ring (bicyclic) bond motifs is 1. The van der Waals surface area contributed by atoms with Crippen LogP contribution in [0.15, 0.2) is 42.6 Å². The Balaban J connectivity index is 0.00000117. The van der Waals surface area contributed by atoms with Gasteiger partial charge in [-0.05, 0) is 18.7 Å². The summed E-state index contributed by atoms with van der Waals surface area (Å²) in [5, 5.41) is 8.86. The summed E-state index contributed by atoms with van der Waals surface area (Å²) in [6.45, 7) is 8.75. The molecule has 3 rings (SSSR count). The van der Waals surface area contributed by atoms with E-state index in [1.54, 1.807) is 12.3 Å². The molecule has 1 atom stereocenters. The first-order valence-corrected chi connectivity index (χ1v) is 8.73. The van der Waals surface area contributed by atoms with Crippen molar-refractivity contribution in [1.29, 1.82) is 5.26 Å². The standard InChI is InChI=1S/C17H15N4.2C2H6.U/c1-21-9-8-16(19)14-4-2-3-5-15(14)17(21)12-6-7-13(10-18)20-11-12;2*1-2;/h2-5,7-8,11,17H,9,19H2,1H3;2*1-2H3;/q-1;;;. The Morgan fingerprint density at radius 2 is 1.88 bits per heavy atom. The van der Waals surface area contributed by atoms with Crippen LogP contribution in [0.4, 0.5) is 0 Å². The zero-order valence-corrected chi connectivity index (χ0v) is 20.4. The largest absolute Gasteiger partial charge is 0.398 e. The molecule has 0 amide bonds. The second-order valence-corrected chi connectivity index (χ2v) is 5.09. The average molecular weight is 574 g/mol. The Labute approximate surface area is 181 Å². The van der Waals surface area contributed by atoms with Crippen LogP contribution in [0.25, 0.3) is 5.70 Å². The molecule has 0 saturated heterocycles. The van der Waals surface area contributed by atoms with Gasteiger partial charge in [0.2, 0.25) is 0 Å². The molecular weight excluding hydrogens is 546 g/mol. The van der Waals surface area contributed by atoms with Crippen LogP contribution in [0.2, 0.25) is 0 Å². The summed E-state index contributed by atoms with van der Waals surface area (Å²) in [7, 11) is 2.04. The number of hydrogen-bond donors (Lipinski definition) is 1. The van der Waals surface area contributed by atoms with Crippen LogP contribution in [-0.2, 0) is 0 Å². The van der Waals surface area contributed by atoms with E-state index < -0.39 is 0 Å². The molecule has 0 spiro atoms. The van der Waals surface area contributed by atoms with Crippen molar-refractivity contribution in [2.75, 3.05) is 13.6 Å². The number of pyridine rings is 1. The van der Waals surface area contributed by atoms with Crippen molar-refractivity contribution in [2.24, 2.45) is 5.73 Å². The van der Waals surface area contributed by atoms with Crippen LogP contribution in [0.5, 0.6) is 0 Å². The van der Waals surface area contributed by atoms with Crippen LogP contribution in [0, 0.1) is 48.5 Å². The van der Waals surface area contributed by atoms with E-state index >= 15 is 0 Å². The van der Waals surface area contributed by atoms with E-state index in [0.717, 1.165) is 28.9 Å². The minimum atomic E-state index is 0. The van der Waals surface area contributed by atoms with Gasteiger partial charge in [-0.25, -0.2) is 5.26 Å². The second-order valence-electron chi connectivity index (χ2n) is 5.09. The third-order valence-electron chi connectivity index (χ3n) is 3.73. The molecule has 0 aliphatic carbocycles. The second kappa shape index (κ2) is 12.7. The average Bonchev–Trinajstić information content (AvgIpc) is 2.82. The van der Waals surface area contributed by atoms with E-state index in [-0.39, 0.29) is 37.2 Å². The number of nitrogens with two attached hydrogens (primary N) is 1. The molecule has 2 heterocycles. The molecule has 0 saturated carbocycles. The molecule has 1 aromatic heterocycles. The minimum absolute atomic E-state index is 0. The predicted octanol–water partition coefficient (Wildman–Crippen LogP) is 4.14. The van der Waals surface area contributed by atoms with Gasteiger partial charge in [0.25, 0.3) is 0 Å². The summed E-state index contributed by atoms with van der Waals surface area (Å²) >= 11 is 0. The molecule has 2 N–H and O–H groups in total. The van der Waals surface area contributed by atoms with E-state index in [1.807, 2.05) is 65.1 Å². The van der Waals surface area contributed by atoms with Gasteiger partial charge in [0.05, 0.1) is 6.07 Å². The number of nitriles is 1. The number of likely N-dealkylation sites (N-methyl/N-ethyl adjacent to an activating group) is 1. The molecule has 0 radical (unpaired) electrons. The number of nitrogens with zero attached hydrogens (tertiary/aromatic N) is 3. The summed E-state index contributed by atoms with van der Waals surface area (Å²) in [4.78, 5) is 6.35. The SMILES string of the molecule is CC.CC.CN1CC=C(N)c2ccccc2C1c1[c-]cc(C#N)nc1.[U]. The van der Waals surface area contributed by atoms with Gasteiger partial charge in [-0.2, -0.15) is 6.07 Å². The number of benzene rings is 1. The van der Waals surface area contributed by atoms with Crippen LogP contribution >= 0.6 is 0 Å². The molecule has 0 bridgehead atoms. The molecule has 1 unspecified atom stereocenters. The van der Waals surface area contributed by atoms with Gasteiger partial charge in [0.1, 0.15) is 0 Å². The van der Waals surface area contributed by atoms with Gasteiger partial charge in [0, 0.05) is 60.7 Å². The first-order chi connectivity index (χ1) is 12.2. The smallest absolute Gasteiger partial charge is 0.0501 e. The van der Waals surface area contributed by atoms with Gasteiger partial charge in [0.15, 0.2) is 0 Å². The van der Waals surface area contributed by atoms with E-state index in [9.17, 15) is 0 Å². The van der Waals surface area contributed by atoms with Crippen molar-refractivity contribution >= 4 is 5.70 Å². The quantitative estimate of drug-likeness (QED) is 0.521. The van der Waals surface area contributed by atoms with E-state index in [0.29, 0.717) is 5.69 Å². The third kappa shape index (κ3) is 5.71. The fourth-order valence-electron chi connectivity index (χ4n) is 2.67. The van der Waals surface area contributed by atoms with Crippen molar-refractivity contribution in [3.8, 4) is 6.07 Å². The Hall–Kier alpha value is -1.59. The first-order valence-electron chi connectivity index (χ1n) is 8.73. The first kappa shape index (κ1) is 24.4. The molecule has 1 aliphatic heterocycles. The molecule has 1 aliphatic rings. The van der Waals surface area contributed by atoms with E-state index in [4.69, 9.17) is 11.0 Å². The van der Waals surface area contributed by atoms with Crippen molar-refractivity contribution < 1.29 is 31.1 Å². The number of hydrogen-bond acceptors (Lipinski definition) is 4. The molecule has 2 aromatic rings. The fraction of sp³-hybridized carbons (Fsp3) is 0.333. The summed E-state index contributed by atoms with van der Waals surface area (Å²) in [6.07, 6.45) is 3.74. The van der Waals surface area contributed by atoms with Crippen LogP contribution in [0.1, 0.15) is 56.1 Å². The zero-order valence-electron chi connectivity index (χ0n) is 16.2. The van der Waals surface area contributed by atoms with Crippen molar-refractivity contribution in [1.82, 2.24) is 9.88 Å². The zero-order chi connectivity index (χ0) is 18.8. The maximum absolute atomic E-state index is 8.86. The summed E-state index contributed by atoms with van der Waals surface area (Å²) in [5.74, 6) is 0. The summed E-state index contributed by atoms with van der Waals surface area (Å²) in [6, 6.07) is 15.0. The number of aromatic nitrogens is 1. The maximum atomic E-state index is 8.86. The Morgan fingerprint density at radius 1 is 1.23 bits per heavy atom. The normalized spacial score (nSPS) is 15.2. The summed E-state index contributed by atoms with van der Waals surface area (Å²) < 4.78 is 0. The van der Waals surface area contributed by atoms with Gasteiger partial charge in [-0.15, -0.1) is 11.6 Å². The third-order valence-corrected chi connectivity index (χ3v) is 3.73. The van der Waals surface area contributed by atoms with E-state index in [2.05, 4.69) is 22.0 Å². The molecule has 26 heavy (non-hydrogen) atoms. The van der Waals surface area contributed by atoms with Crippen molar-refractivity contribution in [2.45, 2.75) is 33.7 Å². The van der Waals surface area contributed by atoms with Gasteiger partial charge in [-0.3, -0.25) is 4.90 Å². The van der Waals surface area contributed by atoms with Gasteiger partial charge < -0.3 is 10.7 Å². The number of rotatable bonds is 1.